The molecule has 1 aliphatic heterocycles. The zero-order valence-electron chi connectivity index (χ0n) is 13.1. The molecule has 1 saturated carbocycles. The van der Waals surface area contributed by atoms with Gasteiger partial charge in [-0.1, -0.05) is 30.3 Å². The Morgan fingerprint density at radius 3 is 2.70 bits per heavy atom. The number of nitrogens with zero attached hydrogens (tertiary/aromatic N) is 4. The van der Waals surface area contributed by atoms with E-state index in [-0.39, 0.29) is 12.0 Å². The number of hydrogen-bond acceptors (Lipinski definition) is 4. The van der Waals surface area contributed by atoms with Crippen LogP contribution in [0, 0.1) is 11.3 Å². The SMILES string of the molecule is N#CC(c1ccccc1)C1CCCN1c1ccnc(C2CC2)n1. The summed E-state index contributed by atoms with van der Waals surface area (Å²) >= 11 is 0. The molecule has 2 fully saturated rings. The maximum atomic E-state index is 9.75. The van der Waals surface area contributed by atoms with Gasteiger partial charge in [0.05, 0.1) is 18.0 Å². The quantitative estimate of drug-likeness (QED) is 0.865. The van der Waals surface area contributed by atoms with Crippen molar-refractivity contribution in [1.29, 1.82) is 5.26 Å². The van der Waals surface area contributed by atoms with Gasteiger partial charge in [-0.05, 0) is 37.3 Å². The van der Waals surface area contributed by atoms with Crippen LogP contribution < -0.4 is 4.90 Å². The van der Waals surface area contributed by atoms with E-state index in [2.05, 4.69) is 28.1 Å². The van der Waals surface area contributed by atoms with E-state index in [9.17, 15) is 5.26 Å². The van der Waals surface area contributed by atoms with Gasteiger partial charge >= 0.3 is 0 Å². The Labute approximate surface area is 136 Å². The van der Waals surface area contributed by atoms with Gasteiger partial charge < -0.3 is 4.90 Å². The second kappa shape index (κ2) is 6.00. The molecule has 1 aromatic carbocycles. The van der Waals surface area contributed by atoms with Gasteiger partial charge in [0.1, 0.15) is 11.6 Å². The number of aromatic nitrogens is 2. The summed E-state index contributed by atoms with van der Waals surface area (Å²) in [6.45, 7) is 0.969. The summed E-state index contributed by atoms with van der Waals surface area (Å²) < 4.78 is 0. The van der Waals surface area contributed by atoms with E-state index in [0.717, 1.165) is 36.6 Å². The number of anilines is 1. The third kappa shape index (κ3) is 2.79. The molecule has 2 heterocycles. The van der Waals surface area contributed by atoms with Crippen molar-refractivity contribution in [2.24, 2.45) is 0 Å². The van der Waals surface area contributed by atoms with Gasteiger partial charge in [0, 0.05) is 18.7 Å². The van der Waals surface area contributed by atoms with Crippen LogP contribution in [-0.4, -0.2) is 22.6 Å². The van der Waals surface area contributed by atoms with Crippen LogP contribution in [0.15, 0.2) is 42.6 Å². The van der Waals surface area contributed by atoms with Gasteiger partial charge in [-0.15, -0.1) is 0 Å². The van der Waals surface area contributed by atoms with Crippen LogP contribution in [0.3, 0.4) is 0 Å². The highest BCUT2D eigenvalue weighted by molar-refractivity contribution is 5.44. The van der Waals surface area contributed by atoms with Crippen LogP contribution in [-0.2, 0) is 0 Å². The van der Waals surface area contributed by atoms with Crippen molar-refractivity contribution in [3.05, 3.63) is 54.0 Å². The van der Waals surface area contributed by atoms with Crippen molar-refractivity contribution in [3.63, 3.8) is 0 Å². The third-order valence-electron chi connectivity index (χ3n) is 4.88. The lowest BCUT2D eigenvalue weighted by Crippen LogP contribution is -2.34. The monoisotopic (exact) mass is 304 g/mol. The molecule has 4 rings (SSSR count). The van der Waals surface area contributed by atoms with Crippen LogP contribution in [0.1, 0.15) is 48.9 Å². The van der Waals surface area contributed by atoms with E-state index in [0.29, 0.717) is 5.92 Å². The molecular formula is C19H20N4. The molecule has 0 radical (unpaired) electrons. The fraction of sp³-hybridized carbons (Fsp3) is 0.421. The molecule has 23 heavy (non-hydrogen) atoms. The molecule has 116 valence electrons. The van der Waals surface area contributed by atoms with Gasteiger partial charge in [-0.3, -0.25) is 0 Å². The maximum absolute atomic E-state index is 9.75. The highest BCUT2D eigenvalue weighted by Gasteiger charge is 2.34. The summed E-state index contributed by atoms with van der Waals surface area (Å²) in [5.74, 6) is 2.40. The summed E-state index contributed by atoms with van der Waals surface area (Å²) in [5, 5.41) is 9.75. The Morgan fingerprint density at radius 1 is 1.13 bits per heavy atom. The van der Waals surface area contributed by atoms with Crippen molar-refractivity contribution in [3.8, 4) is 6.07 Å². The predicted octanol–water partition coefficient (Wildman–Crippen LogP) is 3.63. The Hall–Kier alpha value is -2.41. The second-order valence-electron chi connectivity index (χ2n) is 6.47. The van der Waals surface area contributed by atoms with Crippen LogP contribution in [0.2, 0.25) is 0 Å². The average molecular weight is 304 g/mol. The number of benzene rings is 1. The Bertz CT molecular complexity index is 718. The van der Waals surface area contributed by atoms with E-state index >= 15 is 0 Å². The predicted molar refractivity (Wildman–Crippen MR) is 89.2 cm³/mol. The summed E-state index contributed by atoms with van der Waals surface area (Å²) in [6.07, 6.45) is 6.43. The van der Waals surface area contributed by atoms with Crippen molar-refractivity contribution in [2.45, 2.75) is 43.6 Å². The molecule has 2 unspecified atom stereocenters. The zero-order chi connectivity index (χ0) is 15.6. The second-order valence-corrected chi connectivity index (χ2v) is 6.47. The molecule has 2 aromatic rings. The molecule has 1 saturated heterocycles. The number of rotatable bonds is 4. The lowest BCUT2D eigenvalue weighted by atomic mass is 9.91. The molecule has 2 aliphatic rings. The molecule has 1 aromatic heterocycles. The molecule has 4 heteroatoms. The van der Waals surface area contributed by atoms with Crippen molar-refractivity contribution in [2.75, 3.05) is 11.4 Å². The lowest BCUT2D eigenvalue weighted by molar-refractivity contribution is 0.606. The third-order valence-corrected chi connectivity index (χ3v) is 4.88. The standard InChI is InChI=1S/C19H20N4/c20-13-16(14-5-2-1-3-6-14)17-7-4-12-23(17)18-10-11-21-19(22-18)15-8-9-15/h1-3,5-6,10-11,15-17H,4,7-9,12H2. The molecular weight excluding hydrogens is 284 g/mol. The molecule has 0 amide bonds. The Morgan fingerprint density at radius 2 is 1.96 bits per heavy atom. The van der Waals surface area contributed by atoms with Crippen LogP contribution >= 0.6 is 0 Å². The summed E-state index contributed by atoms with van der Waals surface area (Å²) in [5.41, 5.74) is 1.10. The smallest absolute Gasteiger partial charge is 0.133 e. The van der Waals surface area contributed by atoms with Gasteiger partial charge in [0.25, 0.3) is 0 Å². The minimum Gasteiger partial charge on any atom is -0.352 e. The lowest BCUT2D eigenvalue weighted by Gasteiger charge is -2.29. The molecule has 1 aliphatic carbocycles. The first-order valence-corrected chi connectivity index (χ1v) is 8.41. The van der Waals surface area contributed by atoms with Gasteiger partial charge in [0.15, 0.2) is 0 Å². The minimum absolute atomic E-state index is 0.113. The highest BCUT2D eigenvalue weighted by Crippen LogP contribution is 2.39. The first-order valence-electron chi connectivity index (χ1n) is 8.41. The molecule has 4 nitrogen and oxygen atoms in total. The van der Waals surface area contributed by atoms with E-state index in [4.69, 9.17) is 4.98 Å². The summed E-state index contributed by atoms with van der Waals surface area (Å²) in [7, 11) is 0. The zero-order valence-corrected chi connectivity index (χ0v) is 13.1. The van der Waals surface area contributed by atoms with E-state index < -0.39 is 0 Å². The first-order chi connectivity index (χ1) is 11.4. The van der Waals surface area contributed by atoms with Crippen molar-refractivity contribution in [1.82, 2.24) is 9.97 Å². The summed E-state index contributed by atoms with van der Waals surface area (Å²) in [6, 6.07) is 14.8. The largest absolute Gasteiger partial charge is 0.352 e. The number of hydrogen-bond donors (Lipinski definition) is 0. The summed E-state index contributed by atoms with van der Waals surface area (Å²) in [4.78, 5) is 11.5. The average Bonchev–Trinajstić information content (AvgIpc) is 3.35. The van der Waals surface area contributed by atoms with Crippen LogP contribution in [0.5, 0.6) is 0 Å². The maximum Gasteiger partial charge on any atom is 0.133 e. The molecule has 0 spiro atoms. The topological polar surface area (TPSA) is 52.8 Å². The Kier molecular flexibility index (Phi) is 3.70. The van der Waals surface area contributed by atoms with Crippen molar-refractivity contribution < 1.29 is 0 Å². The molecule has 0 N–H and O–H groups in total. The van der Waals surface area contributed by atoms with Gasteiger partial charge in [-0.25, -0.2) is 9.97 Å². The van der Waals surface area contributed by atoms with Crippen LogP contribution in [0.4, 0.5) is 5.82 Å². The molecule has 2 atom stereocenters. The number of nitriles is 1. The van der Waals surface area contributed by atoms with E-state index in [1.54, 1.807) is 0 Å². The van der Waals surface area contributed by atoms with Crippen molar-refractivity contribution >= 4 is 5.82 Å². The fourth-order valence-corrected chi connectivity index (χ4v) is 3.53. The fourth-order valence-electron chi connectivity index (χ4n) is 3.53. The first kappa shape index (κ1) is 14.2. The normalized spacial score (nSPS) is 21.9. The van der Waals surface area contributed by atoms with Gasteiger partial charge in [0.2, 0.25) is 0 Å². The van der Waals surface area contributed by atoms with Gasteiger partial charge in [-0.2, -0.15) is 5.26 Å². The Balaban J connectivity index is 1.63. The van der Waals surface area contributed by atoms with E-state index in [1.807, 2.05) is 30.5 Å². The minimum atomic E-state index is -0.113. The van der Waals surface area contributed by atoms with E-state index in [1.165, 1.54) is 12.8 Å². The molecule has 0 bridgehead atoms. The van der Waals surface area contributed by atoms with Crippen LogP contribution in [0.25, 0.3) is 0 Å². The highest BCUT2D eigenvalue weighted by atomic mass is 15.2.